The van der Waals surface area contributed by atoms with Gasteiger partial charge in [-0.3, -0.25) is 4.79 Å². The van der Waals surface area contributed by atoms with Gasteiger partial charge in [-0.15, -0.1) is 10.2 Å². The molecule has 0 saturated carbocycles. The van der Waals surface area contributed by atoms with E-state index in [0.717, 1.165) is 33.1 Å². The third kappa shape index (κ3) is 3.76. The molecule has 3 rings (SSSR count). The molecule has 3 aromatic rings. The Kier molecular flexibility index (Phi) is 5.48. The Bertz CT molecular complexity index is 831. The van der Waals surface area contributed by atoms with E-state index in [2.05, 4.69) is 33.1 Å². The minimum Gasteiger partial charge on any atom is -0.302 e. The molecule has 0 atom stereocenters. The molecule has 6 heteroatoms. The van der Waals surface area contributed by atoms with Crippen molar-refractivity contribution in [3.05, 3.63) is 64.6 Å². The summed E-state index contributed by atoms with van der Waals surface area (Å²) in [6.07, 6.45) is 0. The van der Waals surface area contributed by atoms with Crippen LogP contribution in [0.1, 0.15) is 17.3 Å². The van der Waals surface area contributed by atoms with Gasteiger partial charge in [-0.05, 0) is 19.1 Å². The monoisotopic (exact) mass is 401 g/mol. The van der Waals surface area contributed by atoms with Gasteiger partial charge in [0.2, 0.25) is 0 Å². The Labute approximate surface area is 153 Å². The molecular weight excluding hydrogens is 386 g/mol. The van der Waals surface area contributed by atoms with Gasteiger partial charge in [-0.25, -0.2) is 0 Å². The topological polar surface area (TPSA) is 47.8 Å². The van der Waals surface area contributed by atoms with Crippen molar-refractivity contribution in [3.63, 3.8) is 0 Å². The van der Waals surface area contributed by atoms with Crippen LogP contribution in [-0.2, 0) is 6.54 Å². The fourth-order valence-corrected chi connectivity index (χ4v) is 3.49. The Morgan fingerprint density at radius 1 is 1.08 bits per heavy atom. The number of carbonyl (C=O) groups excluding carboxylic acids is 1. The molecule has 0 N–H and O–H groups in total. The van der Waals surface area contributed by atoms with Gasteiger partial charge < -0.3 is 4.57 Å². The van der Waals surface area contributed by atoms with Crippen LogP contribution in [0.2, 0.25) is 0 Å². The largest absolute Gasteiger partial charge is 0.302 e. The second kappa shape index (κ2) is 7.77. The first-order valence-electron chi connectivity index (χ1n) is 7.59. The summed E-state index contributed by atoms with van der Waals surface area (Å²) in [7, 11) is 0. The van der Waals surface area contributed by atoms with Crippen molar-refractivity contribution in [3.8, 4) is 11.4 Å². The van der Waals surface area contributed by atoms with Crippen LogP contribution in [0.25, 0.3) is 11.4 Å². The highest BCUT2D eigenvalue weighted by Gasteiger charge is 2.15. The molecule has 0 aliphatic rings. The predicted molar refractivity (Wildman–Crippen MR) is 100 cm³/mol. The van der Waals surface area contributed by atoms with Crippen LogP contribution in [0.5, 0.6) is 0 Å². The smallest absolute Gasteiger partial charge is 0.191 e. The van der Waals surface area contributed by atoms with Crippen LogP contribution in [-0.4, -0.2) is 26.3 Å². The second-order valence-corrected chi connectivity index (χ2v) is 6.99. The zero-order chi connectivity index (χ0) is 16.9. The van der Waals surface area contributed by atoms with E-state index in [0.29, 0.717) is 5.75 Å². The highest BCUT2D eigenvalue weighted by molar-refractivity contribution is 9.10. The summed E-state index contributed by atoms with van der Waals surface area (Å²) in [5, 5.41) is 9.33. The summed E-state index contributed by atoms with van der Waals surface area (Å²) < 4.78 is 3.06. The fraction of sp³-hybridized carbons (Fsp3) is 0.167. The van der Waals surface area contributed by atoms with Crippen LogP contribution in [0.3, 0.4) is 0 Å². The van der Waals surface area contributed by atoms with Gasteiger partial charge in [0.15, 0.2) is 16.8 Å². The van der Waals surface area contributed by atoms with Crippen molar-refractivity contribution in [2.24, 2.45) is 0 Å². The summed E-state index contributed by atoms with van der Waals surface area (Å²) in [5.74, 6) is 1.26. The van der Waals surface area contributed by atoms with Gasteiger partial charge in [0.25, 0.3) is 0 Å². The average Bonchev–Trinajstić information content (AvgIpc) is 3.04. The molecule has 1 heterocycles. The van der Waals surface area contributed by atoms with Gasteiger partial charge in [0.05, 0.1) is 5.75 Å². The number of carbonyl (C=O) groups is 1. The van der Waals surface area contributed by atoms with Crippen molar-refractivity contribution in [2.75, 3.05) is 5.75 Å². The Morgan fingerprint density at radius 2 is 1.79 bits per heavy atom. The SMILES string of the molecule is CCn1c(SCC(=O)c2ccccc2)nnc1-c1ccc(Br)cc1. The van der Waals surface area contributed by atoms with Crippen molar-refractivity contribution in [1.29, 1.82) is 0 Å². The van der Waals surface area contributed by atoms with Gasteiger partial charge in [0, 0.05) is 22.1 Å². The van der Waals surface area contributed by atoms with Crippen molar-refractivity contribution >= 4 is 33.5 Å². The van der Waals surface area contributed by atoms with Crippen LogP contribution in [0.15, 0.2) is 64.2 Å². The number of thioether (sulfide) groups is 1. The second-order valence-electron chi connectivity index (χ2n) is 5.14. The molecule has 0 aliphatic carbocycles. The van der Waals surface area contributed by atoms with E-state index in [4.69, 9.17) is 0 Å². The normalized spacial score (nSPS) is 10.8. The standard InChI is InChI=1S/C18H16BrN3OS/c1-2-22-17(14-8-10-15(19)11-9-14)20-21-18(22)24-12-16(23)13-6-4-3-5-7-13/h3-11H,2,12H2,1H3. The summed E-state index contributed by atoms with van der Waals surface area (Å²) in [5.41, 5.74) is 1.73. The number of ketones is 1. The molecule has 1 aromatic heterocycles. The molecule has 0 spiro atoms. The zero-order valence-corrected chi connectivity index (χ0v) is 15.5. The molecule has 0 amide bonds. The third-order valence-corrected chi connectivity index (χ3v) is 5.06. The Morgan fingerprint density at radius 3 is 2.46 bits per heavy atom. The van der Waals surface area contributed by atoms with Crippen LogP contribution >= 0.6 is 27.7 Å². The van der Waals surface area contributed by atoms with Crippen LogP contribution in [0.4, 0.5) is 0 Å². The quantitative estimate of drug-likeness (QED) is 0.443. The maximum atomic E-state index is 12.2. The van der Waals surface area contributed by atoms with Crippen LogP contribution in [0, 0.1) is 0 Å². The van der Waals surface area contributed by atoms with E-state index < -0.39 is 0 Å². The minimum absolute atomic E-state index is 0.0939. The summed E-state index contributed by atoms with van der Waals surface area (Å²) in [4.78, 5) is 12.2. The van der Waals surface area contributed by atoms with Gasteiger partial charge in [-0.2, -0.15) is 0 Å². The molecule has 0 radical (unpaired) electrons. The number of rotatable bonds is 6. The number of benzene rings is 2. The van der Waals surface area contributed by atoms with E-state index >= 15 is 0 Å². The first kappa shape index (κ1) is 16.9. The summed E-state index contributed by atoms with van der Waals surface area (Å²) >= 11 is 4.86. The van der Waals surface area contributed by atoms with E-state index in [1.807, 2.05) is 59.2 Å². The number of aromatic nitrogens is 3. The number of halogens is 1. The molecule has 122 valence electrons. The number of hydrogen-bond donors (Lipinski definition) is 0. The zero-order valence-electron chi connectivity index (χ0n) is 13.1. The van der Waals surface area contributed by atoms with E-state index in [9.17, 15) is 4.79 Å². The lowest BCUT2D eigenvalue weighted by Crippen LogP contribution is -2.05. The maximum Gasteiger partial charge on any atom is 0.191 e. The summed E-state index contributed by atoms with van der Waals surface area (Å²) in [6.45, 7) is 2.80. The molecule has 0 bridgehead atoms. The highest BCUT2D eigenvalue weighted by Crippen LogP contribution is 2.25. The Balaban J connectivity index is 1.77. The fourth-order valence-electron chi connectivity index (χ4n) is 2.33. The number of nitrogens with zero attached hydrogens (tertiary/aromatic N) is 3. The van der Waals surface area contributed by atoms with E-state index in [1.54, 1.807) is 0 Å². The maximum absolute atomic E-state index is 12.2. The molecule has 2 aromatic carbocycles. The van der Waals surface area contributed by atoms with Crippen molar-refractivity contribution in [2.45, 2.75) is 18.6 Å². The molecule has 0 fully saturated rings. The number of Topliss-reactive ketones (excluding diaryl/α,β-unsaturated/α-hetero) is 1. The number of hydrogen-bond acceptors (Lipinski definition) is 4. The van der Waals surface area contributed by atoms with E-state index in [-0.39, 0.29) is 5.78 Å². The lowest BCUT2D eigenvalue weighted by atomic mass is 10.2. The molecular formula is C18H16BrN3OS. The van der Waals surface area contributed by atoms with Crippen molar-refractivity contribution in [1.82, 2.24) is 14.8 Å². The lowest BCUT2D eigenvalue weighted by molar-refractivity contribution is 0.102. The van der Waals surface area contributed by atoms with Crippen LogP contribution < -0.4 is 0 Å². The molecule has 0 saturated heterocycles. The molecule has 0 unspecified atom stereocenters. The Hall–Kier alpha value is -1.92. The third-order valence-electron chi connectivity index (χ3n) is 3.56. The first-order valence-corrected chi connectivity index (χ1v) is 9.37. The molecule has 4 nitrogen and oxygen atoms in total. The predicted octanol–water partition coefficient (Wildman–Crippen LogP) is 4.70. The summed E-state index contributed by atoms with van der Waals surface area (Å²) in [6, 6.07) is 17.3. The minimum atomic E-state index is 0.0939. The molecule has 24 heavy (non-hydrogen) atoms. The first-order chi connectivity index (χ1) is 11.7. The average molecular weight is 402 g/mol. The van der Waals surface area contributed by atoms with Crippen molar-refractivity contribution < 1.29 is 4.79 Å². The molecule has 0 aliphatic heterocycles. The van der Waals surface area contributed by atoms with Gasteiger partial charge in [0.1, 0.15) is 0 Å². The highest BCUT2D eigenvalue weighted by atomic mass is 79.9. The lowest BCUT2D eigenvalue weighted by Gasteiger charge is -2.07. The van der Waals surface area contributed by atoms with Gasteiger partial charge >= 0.3 is 0 Å². The van der Waals surface area contributed by atoms with E-state index in [1.165, 1.54) is 11.8 Å². The van der Waals surface area contributed by atoms with Gasteiger partial charge in [-0.1, -0.05) is 70.2 Å².